The summed E-state index contributed by atoms with van der Waals surface area (Å²) < 4.78 is 20.9. The number of cyclic esters (lactones) is 1. The number of hydrogen-bond donors (Lipinski definition) is 0. The lowest BCUT2D eigenvalue weighted by molar-refractivity contribution is -0.137. The van der Waals surface area contributed by atoms with E-state index in [0.29, 0.717) is 41.2 Å². The Morgan fingerprint density at radius 1 is 1.18 bits per heavy atom. The number of benzene rings is 1. The first-order valence-electron chi connectivity index (χ1n) is 6.60. The SMILES string of the molecule is COc1cc(OC)cc(-c2nnc(S[C@@H]3CCOC3=O)o2)c1. The molecule has 8 heteroatoms. The number of ether oxygens (including phenoxy) is 3. The molecule has 7 nitrogen and oxygen atoms in total. The van der Waals surface area contributed by atoms with Crippen molar-refractivity contribution in [1.82, 2.24) is 10.2 Å². The summed E-state index contributed by atoms with van der Waals surface area (Å²) in [4.78, 5) is 11.5. The molecule has 0 aliphatic carbocycles. The van der Waals surface area contributed by atoms with E-state index in [-0.39, 0.29) is 11.2 Å². The number of carbonyl (C=O) groups is 1. The Hall–Kier alpha value is -2.22. The van der Waals surface area contributed by atoms with Crippen LogP contribution >= 0.6 is 11.8 Å². The van der Waals surface area contributed by atoms with Crippen molar-refractivity contribution >= 4 is 17.7 Å². The van der Waals surface area contributed by atoms with E-state index in [9.17, 15) is 4.79 Å². The van der Waals surface area contributed by atoms with Gasteiger partial charge in [0.05, 0.1) is 20.8 Å². The summed E-state index contributed by atoms with van der Waals surface area (Å²) in [6, 6.07) is 5.30. The van der Waals surface area contributed by atoms with E-state index in [4.69, 9.17) is 18.6 Å². The molecule has 0 radical (unpaired) electrons. The second-order valence-electron chi connectivity index (χ2n) is 4.54. The van der Waals surface area contributed by atoms with Gasteiger partial charge in [-0.1, -0.05) is 0 Å². The highest BCUT2D eigenvalue weighted by atomic mass is 32.2. The minimum atomic E-state index is -0.284. The molecule has 22 heavy (non-hydrogen) atoms. The van der Waals surface area contributed by atoms with Gasteiger partial charge in [-0.05, 0) is 23.9 Å². The summed E-state index contributed by atoms with van der Waals surface area (Å²) in [7, 11) is 3.14. The first kappa shape index (κ1) is 14.7. The number of thioether (sulfide) groups is 1. The number of nitrogens with zero attached hydrogens (tertiary/aromatic N) is 2. The van der Waals surface area contributed by atoms with Gasteiger partial charge in [-0.15, -0.1) is 10.2 Å². The Morgan fingerprint density at radius 2 is 1.91 bits per heavy atom. The van der Waals surface area contributed by atoms with Crippen molar-refractivity contribution < 1.29 is 23.4 Å². The zero-order valence-electron chi connectivity index (χ0n) is 12.1. The Bertz CT molecular complexity index is 665. The van der Waals surface area contributed by atoms with Crippen LogP contribution in [-0.2, 0) is 9.53 Å². The first-order valence-corrected chi connectivity index (χ1v) is 7.48. The summed E-state index contributed by atoms with van der Waals surface area (Å²) >= 11 is 1.22. The lowest BCUT2D eigenvalue weighted by atomic mass is 10.2. The van der Waals surface area contributed by atoms with Gasteiger partial charge in [-0.25, -0.2) is 0 Å². The second-order valence-corrected chi connectivity index (χ2v) is 5.69. The first-order chi connectivity index (χ1) is 10.7. The normalized spacial score (nSPS) is 17.4. The highest BCUT2D eigenvalue weighted by Gasteiger charge is 2.29. The fraction of sp³-hybridized carbons (Fsp3) is 0.357. The van der Waals surface area contributed by atoms with E-state index in [1.807, 2.05) is 0 Å². The molecular weight excluding hydrogens is 308 g/mol. The molecule has 0 bridgehead atoms. The maximum atomic E-state index is 11.5. The van der Waals surface area contributed by atoms with E-state index < -0.39 is 0 Å². The topological polar surface area (TPSA) is 83.7 Å². The predicted octanol–water partition coefficient (Wildman–Crippen LogP) is 2.16. The molecule has 1 aromatic carbocycles. The molecule has 1 aliphatic heterocycles. The predicted molar refractivity (Wildman–Crippen MR) is 78.1 cm³/mol. The van der Waals surface area contributed by atoms with Crippen LogP contribution in [0.4, 0.5) is 0 Å². The number of rotatable bonds is 5. The molecule has 2 heterocycles. The summed E-state index contributed by atoms with van der Waals surface area (Å²) in [5.74, 6) is 1.35. The van der Waals surface area contributed by atoms with Gasteiger partial charge in [-0.3, -0.25) is 4.79 Å². The summed E-state index contributed by atoms with van der Waals surface area (Å²) in [5.41, 5.74) is 0.685. The fourth-order valence-electron chi connectivity index (χ4n) is 2.01. The standard InChI is InChI=1S/C14H14N2O5S/c1-18-9-5-8(6-10(7-9)19-2)12-15-16-14(21-12)22-11-3-4-20-13(11)17/h5-7,11H,3-4H2,1-2H3/t11-/m1/s1. The maximum absolute atomic E-state index is 11.5. The molecule has 1 saturated heterocycles. The molecule has 1 aromatic heterocycles. The highest BCUT2D eigenvalue weighted by Crippen LogP contribution is 2.33. The Kier molecular flexibility index (Phi) is 4.19. The summed E-state index contributed by atoms with van der Waals surface area (Å²) in [6.07, 6.45) is 0.647. The summed E-state index contributed by atoms with van der Waals surface area (Å²) in [6.45, 7) is 0.435. The third-order valence-electron chi connectivity index (χ3n) is 3.14. The number of hydrogen-bond acceptors (Lipinski definition) is 8. The average molecular weight is 322 g/mol. The van der Waals surface area contributed by atoms with Crippen LogP contribution in [0.3, 0.4) is 0 Å². The van der Waals surface area contributed by atoms with Crippen LogP contribution in [0.5, 0.6) is 11.5 Å². The largest absolute Gasteiger partial charge is 0.497 e. The van der Waals surface area contributed by atoms with Crippen molar-refractivity contribution in [3.05, 3.63) is 18.2 Å². The van der Waals surface area contributed by atoms with Gasteiger partial charge >= 0.3 is 5.97 Å². The molecule has 1 atom stereocenters. The second kappa shape index (κ2) is 6.27. The van der Waals surface area contributed by atoms with Gasteiger partial charge < -0.3 is 18.6 Å². The van der Waals surface area contributed by atoms with Crippen LogP contribution in [0.2, 0.25) is 0 Å². The molecule has 0 saturated carbocycles. The number of carbonyl (C=O) groups excluding carboxylic acids is 1. The average Bonchev–Trinajstić information content (AvgIpc) is 3.17. The van der Waals surface area contributed by atoms with Crippen LogP contribution in [0, 0.1) is 0 Å². The van der Waals surface area contributed by atoms with Gasteiger partial charge in [-0.2, -0.15) is 0 Å². The molecule has 1 aliphatic rings. The molecule has 116 valence electrons. The highest BCUT2D eigenvalue weighted by molar-refractivity contribution is 8.00. The molecule has 0 amide bonds. The molecule has 2 aromatic rings. The molecule has 3 rings (SSSR count). The van der Waals surface area contributed by atoms with Crippen LogP contribution in [0.15, 0.2) is 27.8 Å². The Balaban J connectivity index is 1.82. The molecule has 1 fully saturated rings. The number of esters is 1. The van der Waals surface area contributed by atoms with E-state index in [1.165, 1.54) is 11.8 Å². The van der Waals surface area contributed by atoms with Gasteiger partial charge in [0.1, 0.15) is 16.7 Å². The Morgan fingerprint density at radius 3 is 2.50 bits per heavy atom. The zero-order valence-corrected chi connectivity index (χ0v) is 12.9. The van der Waals surface area contributed by atoms with Crippen molar-refractivity contribution in [2.45, 2.75) is 16.9 Å². The monoisotopic (exact) mass is 322 g/mol. The third-order valence-corrected chi connectivity index (χ3v) is 4.21. The van der Waals surface area contributed by atoms with Crippen molar-refractivity contribution in [3.8, 4) is 23.0 Å². The molecular formula is C14H14N2O5S. The fourth-order valence-corrected chi connectivity index (χ4v) is 2.85. The van der Waals surface area contributed by atoms with Crippen LogP contribution < -0.4 is 9.47 Å². The van der Waals surface area contributed by atoms with E-state index in [0.717, 1.165) is 0 Å². The minimum Gasteiger partial charge on any atom is -0.497 e. The van der Waals surface area contributed by atoms with E-state index >= 15 is 0 Å². The van der Waals surface area contributed by atoms with E-state index in [2.05, 4.69) is 10.2 Å². The smallest absolute Gasteiger partial charge is 0.319 e. The van der Waals surface area contributed by atoms with Crippen molar-refractivity contribution in [2.75, 3.05) is 20.8 Å². The van der Waals surface area contributed by atoms with Crippen molar-refractivity contribution in [1.29, 1.82) is 0 Å². The lowest BCUT2D eigenvalue weighted by Crippen LogP contribution is -2.09. The van der Waals surface area contributed by atoms with Gasteiger partial charge in [0.2, 0.25) is 5.89 Å². The van der Waals surface area contributed by atoms with Crippen molar-refractivity contribution in [2.24, 2.45) is 0 Å². The van der Waals surface area contributed by atoms with Crippen molar-refractivity contribution in [3.63, 3.8) is 0 Å². The van der Waals surface area contributed by atoms with Crippen LogP contribution in [0.1, 0.15) is 6.42 Å². The third kappa shape index (κ3) is 3.01. The minimum absolute atomic E-state index is 0.243. The molecule has 0 N–H and O–H groups in total. The quantitative estimate of drug-likeness (QED) is 0.774. The van der Waals surface area contributed by atoms with Crippen LogP contribution in [-0.4, -0.2) is 42.2 Å². The van der Waals surface area contributed by atoms with E-state index in [1.54, 1.807) is 32.4 Å². The number of methoxy groups -OCH3 is 2. The van der Waals surface area contributed by atoms with Gasteiger partial charge in [0, 0.05) is 18.1 Å². The van der Waals surface area contributed by atoms with Gasteiger partial charge in [0.25, 0.3) is 5.22 Å². The Labute approximate surface area is 130 Å². The van der Waals surface area contributed by atoms with Crippen LogP contribution in [0.25, 0.3) is 11.5 Å². The molecule has 0 spiro atoms. The molecule has 0 unspecified atom stereocenters. The lowest BCUT2D eigenvalue weighted by Gasteiger charge is -2.05. The maximum Gasteiger partial charge on any atom is 0.319 e. The zero-order chi connectivity index (χ0) is 15.5. The van der Waals surface area contributed by atoms with Gasteiger partial charge in [0.15, 0.2) is 0 Å². The summed E-state index contributed by atoms with van der Waals surface area (Å²) in [5, 5.41) is 8.01. The number of aromatic nitrogens is 2.